The Kier molecular flexibility index (Phi) is 6.02. The summed E-state index contributed by atoms with van der Waals surface area (Å²) in [6.07, 6.45) is 4.31. The van der Waals surface area contributed by atoms with Gasteiger partial charge in [-0.25, -0.2) is 4.98 Å². The van der Waals surface area contributed by atoms with Crippen LogP contribution >= 0.6 is 23.1 Å². The maximum Gasteiger partial charge on any atom is 0.262 e. The van der Waals surface area contributed by atoms with Crippen LogP contribution in [0.2, 0.25) is 0 Å². The van der Waals surface area contributed by atoms with Gasteiger partial charge in [-0.05, 0) is 88.3 Å². The second-order valence-corrected chi connectivity index (χ2v) is 11.3. The minimum Gasteiger partial charge on any atom is -0.318 e. The van der Waals surface area contributed by atoms with Crippen molar-refractivity contribution in [1.82, 2.24) is 14.1 Å². The number of fused-ring (bicyclic) bond motifs is 3. The number of carbonyl (C=O) groups excluding carboxylic acids is 1. The van der Waals surface area contributed by atoms with Crippen molar-refractivity contribution in [3.8, 4) is 5.69 Å². The van der Waals surface area contributed by atoms with Gasteiger partial charge in [0.25, 0.3) is 5.56 Å². The van der Waals surface area contributed by atoms with Crippen molar-refractivity contribution in [1.29, 1.82) is 0 Å². The van der Waals surface area contributed by atoms with Gasteiger partial charge >= 0.3 is 0 Å². The molecule has 0 saturated heterocycles. The van der Waals surface area contributed by atoms with E-state index in [2.05, 4.69) is 36.6 Å². The molecule has 5 rings (SSSR count). The molecule has 0 bridgehead atoms. The van der Waals surface area contributed by atoms with E-state index in [1.54, 1.807) is 23.0 Å². The SMILES string of the molecule is Cc1ccc(-n2c(C)cc(C(=O)CSc3nc4sc5c(c4c(=O)n3C)CCCC5)c2C)cc1C. The first-order valence-electron chi connectivity index (χ1n) is 11.7. The van der Waals surface area contributed by atoms with Crippen LogP contribution in [0, 0.1) is 27.7 Å². The first-order chi connectivity index (χ1) is 16.3. The third-order valence-electron chi connectivity index (χ3n) is 6.97. The fraction of sp³-hybridized carbons (Fsp3) is 0.370. The minimum atomic E-state index is 0.00673. The van der Waals surface area contributed by atoms with E-state index in [9.17, 15) is 9.59 Å². The number of nitrogens with zero attached hydrogens (tertiary/aromatic N) is 3. The molecule has 0 unspecified atom stereocenters. The van der Waals surface area contributed by atoms with Crippen LogP contribution in [0.4, 0.5) is 0 Å². The summed E-state index contributed by atoms with van der Waals surface area (Å²) in [6.45, 7) is 8.23. The van der Waals surface area contributed by atoms with Gasteiger partial charge in [-0.3, -0.25) is 14.2 Å². The molecule has 7 heteroatoms. The first-order valence-corrected chi connectivity index (χ1v) is 13.5. The molecule has 176 valence electrons. The standard InChI is InChI=1S/C27H29N3O2S2/c1-15-10-11-19(12-16(15)2)30-17(3)13-21(18(30)4)22(31)14-33-27-28-25-24(26(32)29(27)5)20-8-6-7-9-23(20)34-25/h10-13H,6-9,14H2,1-5H3. The molecule has 0 N–H and O–H groups in total. The lowest BCUT2D eigenvalue weighted by Gasteiger charge is -2.12. The molecule has 3 heterocycles. The smallest absolute Gasteiger partial charge is 0.262 e. The van der Waals surface area contributed by atoms with Gasteiger partial charge in [0, 0.05) is 34.6 Å². The van der Waals surface area contributed by atoms with Crippen molar-refractivity contribution in [2.75, 3.05) is 5.75 Å². The fourth-order valence-corrected chi connectivity index (χ4v) is 7.07. The lowest BCUT2D eigenvalue weighted by atomic mass is 9.97. The highest BCUT2D eigenvalue weighted by Gasteiger charge is 2.22. The van der Waals surface area contributed by atoms with Gasteiger partial charge in [0.2, 0.25) is 0 Å². The highest BCUT2D eigenvalue weighted by atomic mass is 32.2. The summed E-state index contributed by atoms with van der Waals surface area (Å²) in [4.78, 5) is 33.3. The van der Waals surface area contributed by atoms with Crippen molar-refractivity contribution < 1.29 is 4.79 Å². The van der Waals surface area contributed by atoms with Crippen LogP contribution in [0.25, 0.3) is 15.9 Å². The van der Waals surface area contributed by atoms with Crippen molar-refractivity contribution in [3.05, 3.63) is 73.1 Å². The number of hydrogen-bond acceptors (Lipinski definition) is 5. The van der Waals surface area contributed by atoms with Gasteiger partial charge in [0.1, 0.15) is 4.83 Å². The molecule has 0 radical (unpaired) electrons. The Morgan fingerprint density at radius 1 is 1.09 bits per heavy atom. The number of ketones is 1. The Morgan fingerprint density at radius 2 is 1.85 bits per heavy atom. The molecule has 1 aromatic carbocycles. The van der Waals surface area contributed by atoms with Crippen LogP contribution in [-0.2, 0) is 19.9 Å². The van der Waals surface area contributed by atoms with Crippen LogP contribution in [0.1, 0.15) is 56.2 Å². The Hall–Kier alpha value is -2.64. The highest BCUT2D eigenvalue weighted by Crippen LogP contribution is 2.34. The quantitative estimate of drug-likeness (QED) is 0.199. The number of Topliss-reactive ketones (excluding diaryl/α,β-unsaturated/α-hetero) is 1. The molecule has 5 nitrogen and oxygen atoms in total. The number of thiophene rings is 1. The van der Waals surface area contributed by atoms with Crippen LogP contribution in [0.3, 0.4) is 0 Å². The van der Waals surface area contributed by atoms with Crippen molar-refractivity contribution in [3.63, 3.8) is 0 Å². The number of hydrogen-bond donors (Lipinski definition) is 0. The zero-order valence-electron chi connectivity index (χ0n) is 20.3. The number of rotatable bonds is 5. The maximum atomic E-state index is 13.2. The summed E-state index contributed by atoms with van der Waals surface area (Å²) in [5, 5.41) is 1.39. The molecule has 34 heavy (non-hydrogen) atoms. The largest absolute Gasteiger partial charge is 0.318 e. The average Bonchev–Trinajstić information content (AvgIpc) is 3.33. The molecular weight excluding hydrogens is 462 g/mol. The van der Waals surface area contributed by atoms with E-state index in [1.807, 2.05) is 19.9 Å². The van der Waals surface area contributed by atoms with Crippen LogP contribution in [-0.4, -0.2) is 25.7 Å². The van der Waals surface area contributed by atoms with Crippen LogP contribution in [0.5, 0.6) is 0 Å². The van der Waals surface area contributed by atoms with E-state index in [4.69, 9.17) is 4.98 Å². The predicted molar refractivity (Wildman–Crippen MR) is 141 cm³/mol. The predicted octanol–water partition coefficient (Wildman–Crippen LogP) is 5.87. The zero-order valence-corrected chi connectivity index (χ0v) is 22.0. The topological polar surface area (TPSA) is 56.9 Å². The Balaban J connectivity index is 1.42. The third-order valence-corrected chi connectivity index (χ3v) is 9.18. The van der Waals surface area contributed by atoms with Crippen molar-refractivity contribution in [2.45, 2.75) is 58.5 Å². The molecule has 0 saturated carbocycles. The average molecular weight is 492 g/mol. The minimum absolute atomic E-state index is 0.00673. The van der Waals surface area contributed by atoms with Crippen molar-refractivity contribution in [2.24, 2.45) is 7.05 Å². The summed E-state index contributed by atoms with van der Waals surface area (Å²) >= 11 is 3.00. The second-order valence-electron chi connectivity index (χ2n) is 9.25. The van der Waals surface area contributed by atoms with E-state index in [-0.39, 0.29) is 17.1 Å². The second kappa shape index (κ2) is 8.86. The first kappa shape index (κ1) is 23.1. The van der Waals surface area contributed by atoms with Crippen molar-refractivity contribution >= 4 is 39.1 Å². The summed E-state index contributed by atoms with van der Waals surface area (Å²) in [5.41, 5.74) is 7.45. The normalized spacial score (nSPS) is 13.4. The molecule has 3 aromatic heterocycles. The summed E-state index contributed by atoms with van der Waals surface area (Å²) in [5.74, 6) is 0.293. The molecule has 0 atom stereocenters. The third kappa shape index (κ3) is 3.85. The van der Waals surface area contributed by atoms with Gasteiger partial charge in [-0.1, -0.05) is 17.8 Å². The number of thioether (sulfide) groups is 1. The van der Waals surface area contributed by atoms with Gasteiger partial charge in [-0.2, -0.15) is 0 Å². The molecule has 0 spiro atoms. The Labute approximate surface area is 207 Å². The van der Waals surface area contributed by atoms with Gasteiger partial charge in [0.05, 0.1) is 11.1 Å². The Bertz CT molecular complexity index is 1510. The van der Waals surface area contributed by atoms with E-state index in [0.717, 1.165) is 52.1 Å². The molecule has 0 fully saturated rings. The molecule has 1 aliphatic carbocycles. The Morgan fingerprint density at radius 3 is 2.62 bits per heavy atom. The van der Waals surface area contributed by atoms with Gasteiger partial charge in [0.15, 0.2) is 10.9 Å². The van der Waals surface area contributed by atoms with Gasteiger partial charge < -0.3 is 4.57 Å². The van der Waals surface area contributed by atoms with Gasteiger partial charge in [-0.15, -0.1) is 11.3 Å². The molecular formula is C27H29N3O2S2. The summed E-state index contributed by atoms with van der Waals surface area (Å²) in [6, 6.07) is 8.34. The lowest BCUT2D eigenvalue weighted by Crippen LogP contribution is -2.21. The van der Waals surface area contributed by atoms with E-state index in [1.165, 1.54) is 39.8 Å². The lowest BCUT2D eigenvalue weighted by molar-refractivity contribution is 0.102. The van der Waals surface area contributed by atoms with E-state index >= 15 is 0 Å². The maximum absolute atomic E-state index is 13.2. The molecule has 4 aromatic rings. The molecule has 1 aliphatic rings. The number of aromatic nitrogens is 3. The van der Waals surface area contributed by atoms with E-state index < -0.39 is 0 Å². The number of benzene rings is 1. The zero-order chi connectivity index (χ0) is 24.1. The van der Waals surface area contributed by atoms with Crippen LogP contribution in [0.15, 0.2) is 34.2 Å². The number of carbonyl (C=O) groups is 1. The molecule has 0 amide bonds. The molecule has 0 aliphatic heterocycles. The van der Waals surface area contributed by atoms with Crippen LogP contribution < -0.4 is 5.56 Å². The monoisotopic (exact) mass is 491 g/mol. The number of aryl methyl sites for hydroxylation is 5. The summed E-state index contributed by atoms with van der Waals surface area (Å²) < 4.78 is 3.75. The summed E-state index contributed by atoms with van der Waals surface area (Å²) in [7, 11) is 1.76. The van der Waals surface area contributed by atoms with E-state index in [0.29, 0.717) is 5.16 Å². The highest BCUT2D eigenvalue weighted by molar-refractivity contribution is 7.99. The fourth-order valence-electron chi connectivity index (χ4n) is 4.91.